The third-order valence-corrected chi connectivity index (χ3v) is 5.61. The van der Waals surface area contributed by atoms with Gasteiger partial charge in [-0.3, -0.25) is 19.5 Å². The van der Waals surface area contributed by atoms with Crippen LogP contribution in [0.15, 0.2) is 46.3 Å². The highest BCUT2D eigenvalue weighted by atomic mass is 32.1. The van der Waals surface area contributed by atoms with Crippen molar-refractivity contribution in [1.82, 2.24) is 20.5 Å². The third kappa shape index (κ3) is 5.00. The summed E-state index contributed by atoms with van der Waals surface area (Å²) in [6, 6.07) is 10.7. The number of carbonyl (C=O) groups is 2. The van der Waals surface area contributed by atoms with Gasteiger partial charge in [-0.05, 0) is 58.9 Å². The van der Waals surface area contributed by atoms with Gasteiger partial charge in [0.2, 0.25) is 0 Å². The van der Waals surface area contributed by atoms with Crippen molar-refractivity contribution in [1.29, 1.82) is 0 Å². The molecule has 8 nitrogen and oxygen atoms in total. The highest BCUT2D eigenvalue weighted by Crippen LogP contribution is 2.16. The second-order valence-electron chi connectivity index (χ2n) is 7.52. The van der Waals surface area contributed by atoms with Gasteiger partial charge < -0.3 is 5.32 Å². The van der Waals surface area contributed by atoms with Gasteiger partial charge >= 0.3 is 0 Å². The van der Waals surface area contributed by atoms with Crippen molar-refractivity contribution in [3.8, 4) is 5.69 Å². The van der Waals surface area contributed by atoms with Crippen molar-refractivity contribution in [2.24, 2.45) is 5.10 Å². The lowest BCUT2D eigenvalue weighted by molar-refractivity contribution is 0.0944. The number of thiophene rings is 1. The number of nitrogens with one attached hydrogen (secondary N) is 3. The molecule has 162 valence electrons. The Labute approximate surface area is 184 Å². The molecule has 3 aromatic rings. The molecule has 0 bridgehead atoms. The summed E-state index contributed by atoms with van der Waals surface area (Å²) in [5.74, 6) is -0.668. The van der Waals surface area contributed by atoms with E-state index in [1.165, 1.54) is 4.68 Å². The summed E-state index contributed by atoms with van der Waals surface area (Å²) >= 11 is 1.08. The summed E-state index contributed by atoms with van der Waals surface area (Å²) in [6.45, 7) is 9.15. The van der Waals surface area contributed by atoms with E-state index in [0.29, 0.717) is 32.4 Å². The number of hydrogen-bond donors (Lipinski definition) is 3. The maximum Gasteiger partial charge on any atom is 0.281 e. The van der Waals surface area contributed by atoms with E-state index in [9.17, 15) is 14.4 Å². The van der Waals surface area contributed by atoms with E-state index >= 15 is 0 Å². The van der Waals surface area contributed by atoms with Crippen molar-refractivity contribution in [3.63, 3.8) is 0 Å². The fourth-order valence-corrected chi connectivity index (χ4v) is 3.81. The Morgan fingerprint density at radius 1 is 1.03 bits per heavy atom. The van der Waals surface area contributed by atoms with Gasteiger partial charge in [-0.15, -0.1) is 11.3 Å². The maximum atomic E-state index is 12.9. The average molecular weight is 440 g/mol. The maximum absolute atomic E-state index is 12.9. The van der Waals surface area contributed by atoms with Crippen LogP contribution in [0.4, 0.5) is 0 Å². The molecule has 0 aliphatic heterocycles. The Balaban J connectivity index is 1.77. The molecule has 2 amide bonds. The molecule has 0 aliphatic rings. The van der Waals surface area contributed by atoms with Crippen LogP contribution in [0.3, 0.4) is 0 Å². The van der Waals surface area contributed by atoms with E-state index in [4.69, 9.17) is 0 Å². The Hall–Kier alpha value is -3.46. The van der Waals surface area contributed by atoms with Gasteiger partial charge in [0.15, 0.2) is 0 Å². The quantitative estimate of drug-likeness (QED) is 0.405. The van der Waals surface area contributed by atoms with E-state index in [-0.39, 0.29) is 17.5 Å². The van der Waals surface area contributed by atoms with Gasteiger partial charge in [0.05, 0.1) is 26.7 Å². The Kier molecular flexibility index (Phi) is 6.55. The summed E-state index contributed by atoms with van der Waals surface area (Å²) < 4.78 is 1.45. The molecule has 0 fully saturated rings. The number of H-pyrrole nitrogens is 1. The van der Waals surface area contributed by atoms with Crippen molar-refractivity contribution >= 4 is 28.9 Å². The zero-order chi connectivity index (χ0) is 22.7. The number of aromatic amines is 1. The van der Waals surface area contributed by atoms with Crippen LogP contribution in [-0.2, 0) is 0 Å². The van der Waals surface area contributed by atoms with E-state index in [1.807, 2.05) is 45.0 Å². The molecule has 31 heavy (non-hydrogen) atoms. The largest absolute Gasteiger partial charge is 0.349 e. The van der Waals surface area contributed by atoms with E-state index in [0.717, 1.165) is 16.9 Å². The lowest BCUT2D eigenvalue weighted by Crippen LogP contribution is -2.29. The van der Waals surface area contributed by atoms with Crippen LogP contribution in [0, 0.1) is 13.8 Å². The van der Waals surface area contributed by atoms with Gasteiger partial charge in [0.25, 0.3) is 17.4 Å². The Morgan fingerprint density at radius 3 is 2.26 bits per heavy atom. The van der Waals surface area contributed by atoms with Crippen molar-refractivity contribution < 1.29 is 9.59 Å². The molecule has 0 spiro atoms. The molecule has 1 aromatic carbocycles. The van der Waals surface area contributed by atoms with Crippen LogP contribution in [0.1, 0.15) is 56.9 Å². The highest BCUT2D eigenvalue weighted by Gasteiger charge is 2.17. The smallest absolute Gasteiger partial charge is 0.281 e. The standard InChI is InChI=1S/C22H25N5O3S/c1-12(2)23-20(28)17-10-11-18(31-17)21(29)25-24-14(4)19-15(5)26-27(22(19)30)16-8-6-13(3)7-9-16/h6-12,26H,1-5H3,(H,23,28)(H,25,29)/b24-14+. The number of rotatable bonds is 6. The molecule has 0 saturated heterocycles. The zero-order valence-corrected chi connectivity index (χ0v) is 18.9. The summed E-state index contributed by atoms with van der Waals surface area (Å²) in [4.78, 5) is 38.2. The monoisotopic (exact) mass is 439 g/mol. The van der Waals surface area contributed by atoms with E-state index in [1.54, 1.807) is 26.0 Å². The molecule has 3 rings (SSSR count). The molecule has 2 heterocycles. The molecule has 0 aliphatic carbocycles. The second kappa shape index (κ2) is 9.13. The predicted molar refractivity (Wildman–Crippen MR) is 122 cm³/mol. The van der Waals surface area contributed by atoms with Crippen molar-refractivity contribution in [2.45, 2.75) is 40.7 Å². The predicted octanol–water partition coefficient (Wildman–Crippen LogP) is 3.14. The first-order valence-electron chi connectivity index (χ1n) is 9.81. The summed E-state index contributed by atoms with van der Waals surface area (Å²) in [5, 5.41) is 9.94. The first-order valence-corrected chi connectivity index (χ1v) is 10.6. The van der Waals surface area contributed by atoms with Crippen LogP contribution in [0.2, 0.25) is 0 Å². The van der Waals surface area contributed by atoms with Crippen molar-refractivity contribution in [3.05, 3.63) is 73.3 Å². The van der Waals surface area contributed by atoms with Crippen LogP contribution >= 0.6 is 11.3 Å². The number of hydrazone groups is 1. The number of amides is 2. The topological polar surface area (TPSA) is 108 Å². The average Bonchev–Trinajstić information content (AvgIpc) is 3.31. The van der Waals surface area contributed by atoms with Gasteiger partial charge in [0.1, 0.15) is 0 Å². The molecular formula is C22H25N5O3S. The molecule has 2 aromatic heterocycles. The first-order chi connectivity index (χ1) is 14.7. The number of hydrogen-bond acceptors (Lipinski definition) is 5. The first kappa shape index (κ1) is 22.2. The van der Waals surface area contributed by atoms with Crippen molar-refractivity contribution in [2.75, 3.05) is 0 Å². The van der Waals surface area contributed by atoms with Crippen LogP contribution < -0.4 is 16.3 Å². The zero-order valence-electron chi connectivity index (χ0n) is 18.1. The SMILES string of the molecule is C/C(=N\NC(=O)c1ccc(C(=O)NC(C)C)s1)c1c(C)[nH]n(-c2ccc(C)cc2)c1=O. The van der Waals surface area contributed by atoms with Gasteiger partial charge in [-0.2, -0.15) is 5.10 Å². The number of nitrogens with zero attached hydrogens (tertiary/aromatic N) is 2. The third-order valence-electron chi connectivity index (χ3n) is 4.52. The summed E-state index contributed by atoms with van der Waals surface area (Å²) in [5.41, 5.74) is 5.45. The Bertz CT molecular complexity index is 1200. The minimum absolute atomic E-state index is 0.00711. The van der Waals surface area contributed by atoms with Gasteiger partial charge in [-0.25, -0.2) is 10.1 Å². The molecule has 0 radical (unpaired) electrons. The number of aromatic nitrogens is 2. The minimum atomic E-state index is -0.444. The van der Waals surface area contributed by atoms with Gasteiger partial charge in [-0.1, -0.05) is 17.7 Å². The van der Waals surface area contributed by atoms with Crippen LogP contribution in [0.25, 0.3) is 5.69 Å². The highest BCUT2D eigenvalue weighted by molar-refractivity contribution is 7.15. The number of benzene rings is 1. The molecule has 3 N–H and O–H groups in total. The Morgan fingerprint density at radius 2 is 1.65 bits per heavy atom. The number of aryl methyl sites for hydroxylation is 2. The van der Waals surface area contributed by atoms with Crippen LogP contribution in [0.5, 0.6) is 0 Å². The lowest BCUT2D eigenvalue weighted by Gasteiger charge is -2.05. The number of carbonyl (C=O) groups excluding carboxylic acids is 2. The summed E-state index contributed by atoms with van der Waals surface area (Å²) in [6.07, 6.45) is 0. The minimum Gasteiger partial charge on any atom is -0.349 e. The van der Waals surface area contributed by atoms with Crippen LogP contribution in [-0.4, -0.2) is 33.3 Å². The lowest BCUT2D eigenvalue weighted by atomic mass is 10.2. The summed E-state index contributed by atoms with van der Waals surface area (Å²) in [7, 11) is 0. The molecule has 0 unspecified atom stereocenters. The van der Waals surface area contributed by atoms with Gasteiger partial charge in [0, 0.05) is 11.7 Å². The molecule has 0 saturated carbocycles. The molecule has 9 heteroatoms. The van der Waals surface area contributed by atoms with E-state index in [2.05, 4.69) is 20.9 Å². The normalized spacial score (nSPS) is 11.6. The fraction of sp³-hybridized carbons (Fsp3) is 0.273. The molecular weight excluding hydrogens is 414 g/mol. The fourth-order valence-electron chi connectivity index (χ4n) is 3.01. The second-order valence-corrected chi connectivity index (χ2v) is 8.60. The van der Waals surface area contributed by atoms with E-state index < -0.39 is 5.91 Å². The molecule has 0 atom stereocenters.